The van der Waals surface area contributed by atoms with Crippen LogP contribution in [-0.4, -0.2) is 26.1 Å². The molecule has 6 rings (SSSR count). The molecule has 152 valence electrons. The van der Waals surface area contributed by atoms with Crippen LogP contribution in [0.3, 0.4) is 0 Å². The van der Waals surface area contributed by atoms with Crippen molar-refractivity contribution in [2.24, 2.45) is 28.1 Å². The van der Waals surface area contributed by atoms with Crippen molar-refractivity contribution >= 4 is 0 Å². The molecule has 6 aliphatic rings. The van der Waals surface area contributed by atoms with E-state index in [9.17, 15) is 0 Å². The number of rotatable bonds is 2. The summed E-state index contributed by atoms with van der Waals surface area (Å²) in [6.45, 7) is 6.29. The summed E-state index contributed by atoms with van der Waals surface area (Å²) in [6, 6.07) is 0. The van der Waals surface area contributed by atoms with Crippen molar-refractivity contribution < 1.29 is 14.2 Å². The largest absolute Gasteiger partial charge is 0.501 e. The highest BCUT2D eigenvalue weighted by atomic mass is 16.7. The molecule has 1 saturated heterocycles. The summed E-state index contributed by atoms with van der Waals surface area (Å²) in [6.07, 6.45) is 17.5. The molecule has 5 atom stereocenters. The Morgan fingerprint density at radius 2 is 1.86 bits per heavy atom. The standard InChI is InChI=1S/C25H34O3/c1-22-9-8-20-19-6-5-18(26-3)16-17(19)4-7-21(20)24(22)10-12-25(22,13-11-24)23(2)27-14-15-28-23/h5,10,12,20-21H,4,6-9,11,13-16H2,1-3H3/t20-,21-,22+,24?,25+/m1/s1. The SMILES string of the molecule is COC1=CCC2=C(CC[C@@H]3[C@@H]2CC[C@@]2(C)C34C=C[C@]2(C2(C)OCCO2)CC4)C1. The Bertz CT molecular complexity index is 801. The van der Waals surface area contributed by atoms with E-state index < -0.39 is 5.79 Å². The van der Waals surface area contributed by atoms with Gasteiger partial charge in [-0.15, -0.1) is 0 Å². The predicted molar refractivity (Wildman–Crippen MR) is 108 cm³/mol. The zero-order valence-corrected chi connectivity index (χ0v) is 17.7. The van der Waals surface area contributed by atoms with Crippen molar-refractivity contribution in [2.75, 3.05) is 20.3 Å². The molecule has 0 spiro atoms. The molecule has 1 aliphatic heterocycles. The molecule has 5 aliphatic carbocycles. The maximum Gasteiger partial charge on any atom is 0.175 e. The molecule has 0 aromatic heterocycles. The number of fused-ring (bicyclic) bond motifs is 2. The van der Waals surface area contributed by atoms with Gasteiger partial charge in [0.15, 0.2) is 5.79 Å². The van der Waals surface area contributed by atoms with Gasteiger partial charge < -0.3 is 14.2 Å². The predicted octanol–water partition coefficient (Wildman–Crippen LogP) is 5.53. The lowest BCUT2D eigenvalue weighted by molar-refractivity contribution is -0.246. The van der Waals surface area contributed by atoms with Crippen LogP contribution in [0, 0.1) is 28.1 Å². The molecular formula is C25H34O3. The van der Waals surface area contributed by atoms with Crippen LogP contribution >= 0.6 is 0 Å². The van der Waals surface area contributed by atoms with Gasteiger partial charge in [-0.25, -0.2) is 0 Å². The van der Waals surface area contributed by atoms with Crippen LogP contribution < -0.4 is 0 Å². The van der Waals surface area contributed by atoms with Crippen LogP contribution in [0.5, 0.6) is 0 Å². The molecule has 1 unspecified atom stereocenters. The Morgan fingerprint density at radius 3 is 2.57 bits per heavy atom. The number of hydrogen-bond donors (Lipinski definition) is 0. The van der Waals surface area contributed by atoms with E-state index in [2.05, 4.69) is 32.1 Å². The zero-order chi connectivity index (χ0) is 19.2. The van der Waals surface area contributed by atoms with Crippen LogP contribution in [0.15, 0.2) is 35.1 Å². The third-order valence-electron chi connectivity index (χ3n) is 10.2. The van der Waals surface area contributed by atoms with Gasteiger partial charge in [0.05, 0.1) is 26.1 Å². The Balaban J connectivity index is 1.38. The first-order valence-corrected chi connectivity index (χ1v) is 11.4. The normalized spacial score (nSPS) is 48.2. The quantitative estimate of drug-likeness (QED) is 0.588. The van der Waals surface area contributed by atoms with E-state index in [0.29, 0.717) is 5.41 Å². The molecule has 3 nitrogen and oxygen atoms in total. The summed E-state index contributed by atoms with van der Waals surface area (Å²) >= 11 is 0. The molecule has 1 heterocycles. The molecule has 28 heavy (non-hydrogen) atoms. The summed E-state index contributed by atoms with van der Waals surface area (Å²) in [7, 11) is 1.82. The maximum atomic E-state index is 6.30. The van der Waals surface area contributed by atoms with Gasteiger partial charge in [0, 0.05) is 11.8 Å². The molecular weight excluding hydrogens is 348 g/mol. The second-order valence-corrected chi connectivity index (χ2v) is 10.5. The van der Waals surface area contributed by atoms with Crippen molar-refractivity contribution in [3.63, 3.8) is 0 Å². The van der Waals surface area contributed by atoms with Gasteiger partial charge >= 0.3 is 0 Å². The van der Waals surface area contributed by atoms with Gasteiger partial charge in [-0.1, -0.05) is 30.2 Å². The summed E-state index contributed by atoms with van der Waals surface area (Å²) in [5, 5.41) is 0. The second-order valence-electron chi connectivity index (χ2n) is 10.5. The third kappa shape index (κ3) is 1.81. The van der Waals surface area contributed by atoms with Gasteiger partial charge in [0.25, 0.3) is 0 Å². The van der Waals surface area contributed by atoms with E-state index >= 15 is 0 Å². The molecule has 0 N–H and O–H groups in total. The van der Waals surface area contributed by atoms with Crippen molar-refractivity contribution in [1.29, 1.82) is 0 Å². The van der Waals surface area contributed by atoms with Gasteiger partial charge in [-0.2, -0.15) is 0 Å². The van der Waals surface area contributed by atoms with E-state index in [-0.39, 0.29) is 10.8 Å². The van der Waals surface area contributed by atoms with Gasteiger partial charge in [-0.05, 0) is 80.6 Å². The summed E-state index contributed by atoms with van der Waals surface area (Å²) in [4.78, 5) is 0. The summed E-state index contributed by atoms with van der Waals surface area (Å²) < 4.78 is 18.2. The van der Waals surface area contributed by atoms with E-state index in [0.717, 1.165) is 37.9 Å². The maximum absolute atomic E-state index is 6.30. The fourth-order valence-electron chi connectivity index (χ4n) is 8.81. The van der Waals surface area contributed by atoms with Crippen molar-refractivity contribution in [3.8, 4) is 0 Å². The molecule has 0 amide bonds. The van der Waals surface area contributed by atoms with Crippen LogP contribution in [-0.2, 0) is 14.2 Å². The Hall–Kier alpha value is -1.06. The molecule has 0 aromatic carbocycles. The number of methoxy groups -OCH3 is 1. The fraction of sp³-hybridized carbons (Fsp3) is 0.760. The van der Waals surface area contributed by atoms with Crippen LogP contribution in [0.2, 0.25) is 0 Å². The molecule has 3 fully saturated rings. The average molecular weight is 383 g/mol. The summed E-state index contributed by atoms with van der Waals surface area (Å²) in [5.74, 6) is 2.29. The Kier molecular flexibility index (Phi) is 3.52. The zero-order valence-electron chi connectivity index (χ0n) is 17.7. The number of ether oxygens (including phenoxy) is 3. The topological polar surface area (TPSA) is 27.7 Å². The highest BCUT2D eigenvalue weighted by molar-refractivity contribution is 5.41. The molecule has 2 bridgehead atoms. The lowest BCUT2D eigenvalue weighted by Gasteiger charge is -2.59. The molecule has 2 saturated carbocycles. The third-order valence-corrected chi connectivity index (χ3v) is 10.2. The molecule has 3 heteroatoms. The minimum absolute atomic E-state index is 0.0474. The smallest absolute Gasteiger partial charge is 0.175 e. The lowest BCUT2D eigenvalue weighted by atomic mass is 9.45. The van der Waals surface area contributed by atoms with E-state index in [4.69, 9.17) is 14.2 Å². The first-order chi connectivity index (χ1) is 13.5. The highest BCUT2D eigenvalue weighted by Crippen LogP contribution is 2.80. The van der Waals surface area contributed by atoms with Gasteiger partial charge in [0.1, 0.15) is 0 Å². The molecule has 0 radical (unpaired) electrons. The lowest BCUT2D eigenvalue weighted by Crippen LogP contribution is -2.57. The minimum atomic E-state index is -0.441. The Labute approximate surface area is 169 Å². The van der Waals surface area contributed by atoms with Crippen molar-refractivity contribution in [3.05, 3.63) is 35.1 Å². The first kappa shape index (κ1) is 17.8. The van der Waals surface area contributed by atoms with E-state index in [1.165, 1.54) is 44.3 Å². The highest BCUT2D eigenvalue weighted by Gasteiger charge is 2.76. The number of hydrogen-bond acceptors (Lipinski definition) is 3. The monoisotopic (exact) mass is 382 g/mol. The first-order valence-electron chi connectivity index (χ1n) is 11.4. The van der Waals surface area contributed by atoms with Crippen molar-refractivity contribution in [2.45, 2.75) is 71.0 Å². The van der Waals surface area contributed by atoms with Crippen LogP contribution in [0.25, 0.3) is 0 Å². The fourth-order valence-corrected chi connectivity index (χ4v) is 8.81. The molecule has 0 aromatic rings. The minimum Gasteiger partial charge on any atom is -0.501 e. The van der Waals surface area contributed by atoms with Gasteiger partial charge in [-0.3, -0.25) is 0 Å². The number of allylic oxidation sites excluding steroid dienone is 4. The summed E-state index contributed by atoms with van der Waals surface area (Å²) in [5.41, 5.74) is 4.11. The van der Waals surface area contributed by atoms with Gasteiger partial charge in [0.2, 0.25) is 0 Å². The Morgan fingerprint density at radius 1 is 1.04 bits per heavy atom. The van der Waals surface area contributed by atoms with E-state index in [1.54, 1.807) is 11.1 Å². The van der Waals surface area contributed by atoms with Crippen molar-refractivity contribution in [1.82, 2.24) is 0 Å². The van der Waals surface area contributed by atoms with E-state index in [1.807, 2.05) is 7.11 Å². The average Bonchev–Trinajstić information content (AvgIpc) is 3.36. The second kappa shape index (κ2) is 5.55. The van der Waals surface area contributed by atoms with Crippen LogP contribution in [0.4, 0.5) is 0 Å². The van der Waals surface area contributed by atoms with Crippen LogP contribution in [0.1, 0.15) is 65.2 Å².